The van der Waals surface area contributed by atoms with Gasteiger partial charge in [-0.3, -0.25) is 19.2 Å². The summed E-state index contributed by atoms with van der Waals surface area (Å²) in [5.74, 6) is -0.594. The normalized spacial score (nSPS) is 11.3. The molecule has 0 unspecified atom stereocenters. The lowest BCUT2D eigenvalue weighted by atomic mass is 10.1. The molecular weight excluding hydrogens is 484 g/mol. The lowest BCUT2D eigenvalue weighted by Gasteiger charge is -2.25. The van der Waals surface area contributed by atoms with Crippen LogP contribution in [0.4, 0.5) is 11.4 Å². The van der Waals surface area contributed by atoms with Crippen molar-refractivity contribution in [2.24, 2.45) is 5.10 Å². The maximum absolute atomic E-state index is 13.5. The number of hydrazone groups is 1. The van der Waals surface area contributed by atoms with E-state index in [0.717, 1.165) is 15.4 Å². The van der Waals surface area contributed by atoms with E-state index in [4.69, 9.17) is 4.74 Å². The van der Waals surface area contributed by atoms with Crippen LogP contribution in [0, 0.1) is 17.0 Å². The first-order valence-corrected chi connectivity index (χ1v) is 12.4. The van der Waals surface area contributed by atoms with Crippen molar-refractivity contribution in [3.05, 3.63) is 93.5 Å². The fourth-order valence-corrected chi connectivity index (χ4v) is 4.92. The predicted octanol–water partition coefficient (Wildman–Crippen LogP) is 3.82. The molecule has 1 N–H and O–H groups in total. The molecule has 0 atom stereocenters. The zero-order valence-electron chi connectivity index (χ0n) is 20.0. The zero-order chi connectivity index (χ0) is 26.3. The van der Waals surface area contributed by atoms with Gasteiger partial charge in [-0.2, -0.15) is 5.10 Å². The first kappa shape index (κ1) is 26.4. The number of methoxy groups -OCH3 is 1. The Morgan fingerprint density at radius 2 is 1.83 bits per heavy atom. The molecule has 0 saturated heterocycles. The van der Waals surface area contributed by atoms with Crippen LogP contribution >= 0.6 is 0 Å². The molecule has 0 radical (unpaired) electrons. The lowest BCUT2D eigenvalue weighted by Crippen LogP contribution is -2.40. The molecule has 0 aliphatic heterocycles. The Labute approximate surface area is 209 Å². The number of anilines is 1. The predicted molar refractivity (Wildman–Crippen MR) is 137 cm³/mol. The summed E-state index contributed by atoms with van der Waals surface area (Å²) >= 11 is 0. The molecule has 3 aromatic rings. The Bertz CT molecular complexity index is 1390. The third-order valence-electron chi connectivity index (χ3n) is 5.34. The fourth-order valence-electron chi connectivity index (χ4n) is 3.46. The van der Waals surface area contributed by atoms with E-state index in [1.807, 2.05) is 13.8 Å². The van der Waals surface area contributed by atoms with Crippen LogP contribution in [-0.4, -0.2) is 39.1 Å². The van der Waals surface area contributed by atoms with Crippen LogP contribution in [0.1, 0.15) is 23.6 Å². The molecule has 0 saturated carbocycles. The Morgan fingerprint density at radius 3 is 2.47 bits per heavy atom. The number of benzene rings is 3. The number of hydrogen-bond acceptors (Lipinski definition) is 7. The second-order valence-electron chi connectivity index (χ2n) is 7.79. The van der Waals surface area contributed by atoms with Gasteiger partial charge in [0.15, 0.2) is 5.75 Å². The number of rotatable bonds is 10. The second kappa shape index (κ2) is 11.5. The van der Waals surface area contributed by atoms with E-state index in [1.165, 1.54) is 43.7 Å². The molecule has 1 amide bonds. The fraction of sp³-hybridized carbons (Fsp3) is 0.200. The molecule has 0 aromatic heterocycles. The van der Waals surface area contributed by atoms with Crippen LogP contribution in [0.15, 0.2) is 76.7 Å². The number of nitro benzene ring substituents is 1. The highest BCUT2D eigenvalue weighted by molar-refractivity contribution is 7.92. The Balaban J connectivity index is 1.87. The summed E-state index contributed by atoms with van der Waals surface area (Å²) in [7, 11) is -2.74. The number of nitrogens with one attached hydrogen (secondary N) is 1. The smallest absolute Gasteiger partial charge is 0.311 e. The third kappa shape index (κ3) is 6.05. The van der Waals surface area contributed by atoms with Crippen molar-refractivity contribution in [2.75, 3.05) is 18.0 Å². The standard InChI is InChI=1S/C25H26N4O6S/c1-4-20-7-5-6-8-22(20)28(36(33,34)21-12-9-18(2)10-13-21)17-25(30)27-26-16-19-11-14-24(35-3)23(15-19)29(31)32/h5-16H,4,17H2,1-3H3,(H,27,30)/b26-16-. The van der Waals surface area contributed by atoms with E-state index in [1.54, 1.807) is 36.4 Å². The Kier molecular flexibility index (Phi) is 8.38. The molecule has 11 heteroatoms. The van der Waals surface area contributed by atoms with E-state index in [9.17, 15) is 23.3 Å². The van der Waals surface area contributed by atoms with Crippen molar-refractivity contribution in [1.82, 2.24) is 5.43 Å². The summed E-state index contributed by atoms with van der Waals surface area (Å²) in [5.41, 5.74) is 4.46. The summed E-state index contributed by atoms with van der Waals surface area (Å²) in [4.78, 5) is 23.4. The number of nitrogens with zero attached hydrogens (tertiary/aromatic N) is 3. The van der Waals surface area contributed by atoms with Crippen LogP contribution < -0.4 is 14.5 Å². The van der Waals surface area contributed by atoms with Gasteiger partial charge in [0.1, 0.15) is 6.54 Å². The minimum absolute atomic E-state index is 0.0563. The molecule has 10 nitrogen and oxygen atoms in total. The van der Waals surface area contributed by atoms with Crippen molar-refractivity contribution in [3.63, 3.8) is 0 Å². The highest BCUT2D eigenvalue weighted by Gasteiger charge is 2.28. The number of carbonyl (C=O) groups is 1. The largest absolute Gasteiger partial charge is 0.490 e. The number of amides is 1. The van der Waals surface area contributed by atoms with Gasteiger partial charge in [-0.1, -0.05) is 42.8 Å². The Hall–Kier alpha value is -4.25. The van der Waals surface area contributed by atoms with Crippen molar-refractivity contribution in [1.29, 1.82) is 0 Å². The minimum Gasteiger partial charge on any atom is -0.490 e. The number of aryl methyl sites for hydroxylation is 2. The third-order valence-corrected chi connectivity index (χ3v) is 7.11. The summed E-state index contributed by atoms with van der Waals surface area (Å²) in [5, 5.41) is 15.0. The molecule has 0 spiro atoms. The maximum Gasteiger partial charge on any atom is 0.311 e. The molecular formula is C25H26N4O6S. The number of hydrogen-bond donors (Lipinski definition) is 1. The molecule has 3 aromatic carbocycles. The average Bonchev–Trinajstić information content (AvgIpc) is 2.87. The number of sulfonamides is 1. The van der Waals surface area contributed by atoms with Crippen LogP contribution in [-0.2, 0) is 21.2 Å². The molecule has 0 fully saturated rings. The van der Waals surface area contributed by atoms with Gasteiger partial charge in [-0.15, -0.1) is 0 Å². The van der Waals surface area contributed by atoms with Crippen molar-refractivity contribution in [3.8, 4) is 5.75 Å². The minimum atomic E-state index is -4.07. The van der Waals surface area contributed by atoms with Gasteiger partial charge in [-0.25, -0.2) is 13.8 Å². The van der Waals surface area contributed by atoms with Crippen molar-refractivity contribution >= 4 is 33.5 Å². The van der Waals surface area contributed by atoms with Gasteiger partial charge in [0.2, 0.25) is 0 Å². The first-order valence-electron chi connectivity index (χ1n) is 11.0. The molecule has 36 heavy (non-hydrogen) atoms. The van der Waals surface area contributed by atoms with Gasteiger partial charge in [-0.05, 0) is 49.2 Å². The molecule has 0 aliphatic carbocycles. The highest BCUT2D eigenvalue weighted by Crippen LogP contribution is 2.28. The monoisotopic (exact) mass is 510 g/mol. The quantitative estimate of drug-likeness (QED) is 0.251. The summed E-state index contributed by atoms with van der Waals surface area (Å²) in [6.45, 7) is 3.23. The summed E-state index contributed by atoms with van der Waals surface area (Å²) < 4.78 is 33.1. The lowest BCUT2D eigenvalue weighted by molar-refractivity contribution is -0.385. The van der Waals surface area contributed by atoms with Crippen molar-refractivity contribution < 1.29 is 22.9 Å². The summed E-state index contributed by atoms with van der Waals surface area (Å²) in [6, 6.07) is 17.5. The number of para-hydroxylation sites is 1. The van der Waals surface area contributed by atoms with Gasteiger partial charge in [0.25, 0.3) is 15.9 Å². The van der Waals surface area contributed by atoms with E-state index in [2.05, 4.69) is 10.5 Å². The molecule has 0 heterocycles. The highest BCUT2D eigenvalue weighted by atomic mass is 32.2. The van der Waals surface area contributed by atoms with E-state index in [-0.39, 0.29) is 16.3 Å². The molecule has 188 valence electrons. The van der Waals surface area contributed by atoms with Crippen LogP contribution in [0.25, 0.3) is 0 Å². The van der Waals surface area contributed by atoms with Crippen LogP contribution in [0.3, 0.4) is 0 Å². The van der Waals surface area contributed by atoms with E-state index < -0.39 is 27.4 Å². The van der Waals surface area contributed by atoms with E-state index >= 15 is 0 Å². The van der Waals surface area contributed by atoms with Gasteiger partial charge in [0, 0.05) is 11.6 Å². The number of nitro groups is 1. The second-order valence-corrected chi connectivity index (χ2v) is 9.65. The number of ether oxygens (including phenoxy) is 1. The van der Waals surface area contributed by atoms with Gasteiger partial charge < -0.3 is 4.74 Å². The zero-order valence-corrected chi connectivity index (χ0v) is 20.9. The maximum atomic E-state index is 13.5. The molecule has 3 rings (SSSR count). The Morgan fingerprint density at radius 1 is 1.14 bits per heavy atom. The topological polar surface area (TPSA) is 131 Å². The van der Waals surface area contributed by atoms with Gasteiger partial charge >= 0.3 is 5.69 Å². The SMILES string of the molecule is CCc1ccccc1N(CC(=O)N/N=C\c1ccc(OC)c([N+](=O)[O-])c1)S(=O)(=O)c1ccc(C)cc1. The number of carbonyl (C=O) groups excluding carboxylic acids is 1. The van der Waals surface area contributed by atoms with Gasteiger partial charge in [0.05, 0.1) is 28.8 Å². The van der Waals surface area contributed by atoms with Crippen LogP contribution in [0.2, 0.25) is 0 Å². The molecule has 0 aliphatic rings. The molecule has 0 bridgehead atoms. The van der Waals surface area contributed by atoms with Crippen LogP contribution in [0.5, 0.6) is 5.75 Å². The van der Waals surface area contributed by atoms with E-state index in [0.29, 0.717) is 17.7 Å². The summed E-state index contributed by atoms with van der Waals surface area (Å²) in [6.07, 6.45) is 1.79. The average molecular weight is 511 g/mol. The van der Waals surface area contributed by atoms with Crippen molar-refractivity contribution in [2.45, 2.75) is 25.2 Å². The first-order chi connectivity index (χ1) is 17.2.